The average Bonchev–Trinajstić information content (AvgIpc) is 2.68. The van der Waals surface area contributed by atoms with Gasteiger partial charge in [-0.05, 0) is 30.8 Å². The lowest BCUT2D eigenvalue weighted by molar-refractivity contribution is 0.312. The normalized spacial score (nSPS) is 15.6. The largest absolute Gasteiger partial charge is 0.497 e. The molecule has 2 aromatic rings. The van der Waals surface area contributed by atoms with E-state index >= 15 is 0 Å². The van der Waals surface area contributed by atoms with Gasteiger partial charge in [0, 0.05) is 38.4 Å². The van der Waals surface area contributed by atoms with Gasteiger partial charge < -0.3 is 19.3 Å². The molecule has 1 aliphatic heterocycles. The molecule has 0 amide bonds. The second-order valence-corrected chi connectivity index (χ2v) is 8.55. The molecule has 0 atom stereocenters. The van der Waals surface area contributed by atoms with Crippen LogP contribution in [0.15, 0.2) is 41.4 Å². The number of sulfone groups is 1. The molecular weight excluding hydrogens is 366 g/mol. The van der Waals surface area contributed by atoms with Gasteiger partial charge in [-0.2, -0.15) is 0 Å². The van der Waals surface area contributed by atoms with Gasteiger partial charge in [-0.1, -0.05) is 6.07 Å². The van der Waals surface area contributed by atoms with Crippen LogP contribution >= 0.6 is 0 Å². The number of hydrogen-bond acceptors (Lipinski definition) is 7. The monoisotopic (exact) mass is 391 g/mol. The van der Waals surface area contributed by atoms with Crippen molar-refractivity contribution in [2.75, 3.05) is 52.3 Å². The Hall–Kier alpha value is -2.32. The summed E-state index contributed by atoms with van der Waals surface area (Å²) in [5.74, 6) is 1.51. The highest BCUT2D eigenvalue weighted by Crippen LogP contribution is 2.30. The van der Waals surface area contributed by atoms with Crippen LogP contribution in [0.5, 0.6) is 11.5 Å². The summed E-state index contributed by atoms with van der Waals surface area (Å²) in [6.07, 6.45) is 1.64. The number of ether oxygens (including phenoxy) is 2. The van der Waals surface area contributed by atoms with Crippen LogP contribution in [0, 0.1) is 0 Å². The smallest absolute Gasteiger partial charge is 0.186 e. The van der Waals surface area contributed by atoms with Crippen molar-refractivity contribution in [1.82, 2.24) is 9.88 Å². The first kappa shape index (κ1) is 19.4. The predicted molar refractivity (Wildman–Crippen MR) is 104 cm³/mol. The number of piperazine rings is 1. The zero-order valence-corrected chi connectivity index (χ0v) is 16.7. The number of benzene rings is 1. The van der Waals surface area contributed by atoms with E-state index in [0.717, 1.165) is 32.0 Å². The number of pyridine rings is 1. The molecule has 0 spiro atoms. The highest BCUT2D eigenvalue weighted by Gasteiger charge is 2.22. The van der Waals surface area contributed by atoms with Gasteiger partial charge in [0.25, 0.3) is 0 Å². The lowest BCUT2D eigenvalue weighted by Crippen LogP contribution is -2.44. The maximum Gasteiger partial charge on any atom is 0.186 e. The maximum atomic E-state index is 12.9. The molecule has 146 valence electrons. The van der Waals surface area contributed by atoms with Crippen LogP contribution in [0.3, 0.4) is 0 Å². The van der Waals surface area contributed by atoms with Crippen molar-refractivity contribution in [2.24, 2.45) is 0 Å². The van der Waals surface area contributed by atoms with Crippen molar-refractivity contribution in [3.8, 4) is 11.5 Å². The standard InChI is InChI=1S/C19H25N3O4S/c1-21-8-10-22(11-9-21)19-7-4-15(13-20-19)14-27(23,24)18-12-16(25-2)5-6-17(18)26-3/h4-7,12-13H,8-11,14H2,1-3H3. The Labute approximate surface area is 160 Å². The van der Waals surface area contributed by atoms with E-state index in [1.165, 1.54) is 20.3 Å². The fraction of sp³-hybridized carbons (Fsp3) is 0.421. The van der Waals surface area contributed by atoms with Crippen LogP contribution in [-0.4, -0.2) is 65.7 Å². The van der Waals surface area contributed by atoms with Crippen molar-refractivity contribution in [2.45, 2.75) is 10.6 Å². The van der Waals surface area contributed by atoms with E-state index < -0.39 is 9.84 Å². The molecule has 8 heteroatoms. The summed E-state index contributed by atoms with van der Waals surface area (Å²) in [6.45, 7) is 3.82. The van der Waals surface area contributed by atoms with Crippen LogP contribution in [0.25, 0.3) is 0 Å². The van der Waals surface area contributed by atoms with E-state index in [1.54, 1.807) is 18.3 Å². The van der Waals surface area contributed by atoms with Gasteiger partial charge in [-0.15, -0.1) is 0 Å². The molecule has 0 aliphatic carbocycles. The fourth-order valence-electron chi connectivity index (χ4n) is 3.05. The summed E-state index contributed by atoms with van der Waals surface area (Å²) in [5, 5.41) is 0. The second kappa shape index (κ2) is 8.14. The highest BCUT2D eigenvalue weighted by atomic mass is 32.2. The Bertz CT molecular complexity index is 876. The molecule has 1 aromatic heterocycles. The van der Waals surface area contributed by atoms with Crippen molar-refractivity contribution < 1.29 is 17.9 Å². The third-order valence-corrected chi connectivity index (χ3v) is 6.40. The Morgan fingerprint density at radius 1 is 1.04 bits per heavy atom. The van der Waals surface area contributed by atoms with E-state index in [4.69, 9.17) is 9.47 Å². The summed E-state index contributed by atoms with van der Waals surface area (Å²) in [6, 6.07) is 8.47. The minimum Gasteiger partial charge on any atom is -0.497 e. The Balaban J connectivity index is 1.78. The van der Waals surface area contributed by atoms with Crippen LogP contribution in [-0.2, 0) is 15.6 Å². The number of nitrogens with zero attached hydrogens (tertiary/aromatic N) is 3. The quantitative estimate of drug-likeness (QED) is 0.744. The van der Waals surface area contributed by atoms with Gasteiger partial charge in [-0.3, -0.25) is 0 Å². The van der Waals surface area contributed by atoms with Crippen molar-refractivity contribution >= 4 is 15.7 Å². The SMILES string of the molecule is COc1ccc(OC)c(S(=O)(=O)Cc2ccc(N3CCN(C)CC3)nc2)c1. The van der Waals surface area contributed by atoms with Gasteiger partial charge in [0.15, 0.2) is 9.84 Å². The fourth-order valence-corrected chi connectivity index (χ4v) is 4.57. The number of rotatable bonds is 6. The molecule has 1 saturated heterocycles. The minimum atomic E-state index is -3.60. The zero-order valence-electron chi connectivity index (χ0n) is 15.9. The molecule has 0 radical (unpaired) electrons. The van der Waals surface area contributed by atoms with E-state index in [1.807, 2.05) is 12.1 Å². The number of anilines is 1. The first-order valence-electron chi connectivity index (χ1n) is 8.76. The van der Waals surface area contributed by atoms with Crippen molar-refractivity contribution in [3.05, 3.63) is 42.1 Å². The molecule has 0 saturated carbocycles. The summed E-state index contributed by atoms with van der Waals surface area (Å²) in [7, 11) is 1.45. The molecule has 1 aliphatic rings. The molecule has 2 heterocycles. The molecular formula is C19H25N3O4S. The third kappa shape index (κ3) is 4.51. The van der Waals surface area contributed by atoms with Gasteiger partial charge in [-0.25, -0.2) is 13.4 Å². The third-order valence-electron chi connectivity index (χ3n) is 4.70. The van der Waals surface area contributed by atoms with Gasteiger partial charge in [0.2, 0.25) is 0 Å². The molecule has 7 nitrogen and oxygen atoms in total. The van der Waals surface area contributed by atoms with Crippen LogP contribution in [0.2, 0.25) is 0 Å². The van der Waals surface area contributed by atoms with Gasteiger partial charge in [0.1, 0.15) is 22.2 Å². The highest BCUT2D eigenvalue weighted by molar-refractivity contribution is 7.90. The first-order valence-corrected chi connectivity index (χ1v) is 10.4. The number of aromatic nitrogens is 1. The van der Waals surface area contributed by atoms with Crippen molar-refractivity contribution in [1.29, 1.82) is 0 Å². The zero-order chi connectivity index (χ0) is 19.4. The van der Waals surface area contributed by atoms with Gasteiger partial charge in [0.05, 0.1) is 20.0 Å². The van der Waals surface area contributed by atoms with Crippen molar-refractivity contribution in [3.63, 3.8) is 0 Å². The first-order chi connectivity index (χ1) is 12.9. The lowest BCUT2D eigenvalue weighted by Gasteiger charge is -2.33. The molecule has 3 rings (SSSR count). The van der Waals surface area contributed by atoms with E-state index in [9.17, 15) is 8.42 Å². The molecule has 0 N–H and O–H groups in total. The van der Waals surface area contributed by atoms with E-state index in [-0.39, 0.29) is 10.6 Å². The van der Waals surface area contributed by atoms with Crippen LogP contribution < -0.4 is 14.4 Å². The molecule has 0 unspecified atom stereocenters. The number of hydrogen-bond donors (Lipinski definition) is 0. The van der Waals surface area contributed by atoms with E-state index in [0.29, 0.717) is 17.1 Å². The molecule has 0 bridgehead atoms. The Morgan fingerprint density at radius 3 is 2.37 bits per heavy atom. The molecule has 27 heavy (non-hydrogen) atoms. The summed E-state index contributed by atoms with van der Waals surface area (Å²) >= 11 is 0. The molecule has 1 aromatic carbocycles. The predicted octanol–water partition coefficient (Wildman–Crippen LogP) is 1.82. The number of methoxy groups -OCH3 is 2. The second-order valence-electron chi connectivity index (χ2n) is 6.59. The Kier molecular flexibility index (Phi) is 5.86. The van der Waals surface area contributed by atoms with E-state index in [2.05, 4.69) is 21.8 Å². The maximum absolute atomic E-state index is 12.9. The minimum absolute atomic E-state index is 0.118. The topological polar surface area (TPSA) is 72.0 Å². The van der Waals surface area contributed by atoms with Crippen LogP contribution in [0.1, 0.15) is 5.56 Å². The lowest BCUT2D eigenvalue weighted by atomic mass is 10.3. The average molecular weight is 391 g/mol. The molecule has 1 fully saturated rings. The number of likely N-dealkylation sites (N-methyl/N-ethyl adjacent to an activating group) is 1. The van der Waals surface area contributed by atoms with Crippen LogP contribution in [0.4, 0.5) is 5.82 Å². The Morgan fingerprint density at radius 2 is 1.78 bits per heavy atom. The summed E-state index contributed by atoms with van der Waals surface area (Å²) < 4.78 is 36.1. The summed E-state index contributed by atoms with van der Waals surface area (Å²) in [5.41, 5.74) is 0.637. The summed E-state index contributed by atoms with van der Waals surface area (Å²) in [4.78, 5) is 9.08. The van der Waals surface area contributed by atoms with Gasteiger partial charge >= 0.3 is 0 Å².